The van der Waals surface area contributed by atoms with E-state index in [1.807, 2.05) is 0 Å². The van der Waals surface area contributed by atoms with Crippen molar-refractivity contribution in [2.75, 3.05) is 13.1 Å². The number of carboxylic acid groups (broad SMARTS) is 2. The second-order valence-electron chi connectivity index (χ2n) is 6.85. The summed E-state index contributed by atoms with van der Waals surface area (Å²) in [5, 5.41) is 21.2. The molecule has 3 N–H and O–H groups in total. The average molecular weight is 301 g/mol. The number of nitrogens with one attached hydrogen (secondary N) is 1. The molecule has 0 saturated heterocycles. The van der Waals surface area contributed by atoms with Gasteiger partial charge in [0.05, 0.1) is 0 Å². The number of aliphatic carboxylic acids is 2. The molecule has 0 aliphatic carbocycles. The standard InChI is InChI=1S/C16H31NO4/c1-11(2)5-13(7-15(18)19)9-17-10-14(6-12(3)4)8-16(20)21/h11-14,17H,5-10H2,1-4H3,(H,18,19)(H,20,21). The van der Waals surface area contributed by atoms with Gasteiger partial charge in [0.1, 0.15) is 0 Å². The quantitative estimate of drug-likeness (QED) is 0.516. The van der Waals surface area contributed by atoms with Crippen LogP contribution < -0.4 is 5.32 Å². The van der Waals surface area contributed by atoms with Gasteiger partial charge in [-0.25, -0.2) is 0 Å². The smallest absolute Gasteiger partial charge is 0.303 e. The molecule has 5 nitrogen and oxygen atoms in total. The molecule has 0 bridgehead atoms. The molecule has 0 aromatic rings. The third-order valence-corrected chi connectivity index (χ3v) is 3.40. The predicted octanol–water partition coefficient (Wildman–Crippen LogP) is 2.85. The van der Waals surface area contributed by atoms with E-state index in [1.54, 1.807) is 0 Å². The van der Waals surface area contributed by atoms with Crippen molar-refractivity contribution in [2.24, 2.45) is 23.7 Å². The Hall–Kier alpha value is -1.10. The minimum absolute atomic E-state index is 0.104. The van der Waals surface area contributed by atoms with Gasteiger partial charge in [0, 0.05) is 12.8 Å². The molecule has 0 aliphatic rings. The lowest BCUT2D eigenvalue weighted by Gasteiger charge is -2.21. The highest BCUT2D eigenvalue weighted by Crippen LogP contribution is 2.17. The lowest BCUT2D eigenvalue weighted by Crippen LogP contribution is -2.31. The minimum Gasteiger partial charge on any atom is -0.481 e. The third-order valence-electron chi connectivity index (χ3n) is 3.40. The summed E-state index contributed by atoms with van der Waals surface area (Å²) in [6.45, 7) is 9.61. The molecule has 0 spiro atoms. The van der Waals surface area contributed by atoms with Gasteiger partial charge in [0.15, 0.2) is 0 Å². The van der Waals surface area contributed by atoms with Crippen molar-refractivity contribution >= 4 is 11.9 Å². The van der Waals surface area contributed by atoms with Crippen LogP contribution in [-0.2, 0) is 9.59 Å². The highest BCUT2D eigenvalue weighted by atomic mass is 16.4. The monoisotopic (exact) mass is 301 g/mol. The maximum absolute atomic E-state index is 10.9. The maximum Gasteiger partial charge on any atom is 0.303 e. The molecule has 21 heavy (non-hydrogen) atoms. The van der Waals surface area contributed by atoms with Gasteiger partial charge in [-0.05, 0) is 49.6 Å². The molecule has 2 unspecified atom stereocenters. The number of rotatable bonds is 12. The SMILES string of the molecule is CC(C)CC(CNCC(CC(=O)O)CC(C)C)CC(=O)O. The predicted molar refractivity (Wildman–Crippen MR) is 83.3 cm³/mol. The largest absolute Gasteiger partial charge is 0.481 e. The first kappa shape index (κ1) is 19.9. The molecular weight excluding hydrogens is 270 g/mol. The first-order chi connectivity index (χ1) is 9.70. The van der Waals surface area contributed by atoms with E-state index >= 15 is 0 Å². The third kappa shape index (κ3) is 12.4. The van der Waals surface area contributed by atoms with E-state index in [0.717, 1.165) is 12.8 Å². The van der Waals surface area contributed by atoms with Crippen molar-refractivity contribution in [3.8, 4) is 0 Å². The summed E-state index contributed by atoms with van der Waals surface area (Å²) in [5.74, 6) is -0.416. The summed E-state index contributed by atoms with van der Waals surface area (Å²) in [5.41, 5.74) is 0. The van der Waals surface area contributed by atoms with E-state index in [0.29, 0.717) is 24.9 Å². The fraction of sp³-hybridized carbons (Fsp3) is 0.875. The van der Waals surface area contributed by atoms with Crippen LogP contribution in [0.15, 0.2) is 0 Å². The Morgan fingerprint density at radius 2 is 1.14 bits per heavy atom. The van der Waals surface area contributed by atoms with Gasteiger partial charge in [-0.15, -0.1) is 0 Å². The van der Waals surface area contributed by atoms with Crippen LogP contribution in [0.4, 0.5) is 0 Å². The molecule has 0 aromatic carbocycles. The highest BCUT2D eigenvalue weighted by molar-refractivity contribution is 5.67. The zero-order valence-corrected chi connectivity index (χ0v) is 13.8. The fourth-order valence-corrected chi connectivity index (χ4v) is 2.80. The molecule has 5 heteroatoms. The average Bonchev–Trinajstić information content (AvgIpc) is 2.24. The van der Waals surface area contributed by atoms with Gasteiger partial charge in [-0.2, -0.15) is 0 Å². The molecule has 0 radical (unpaired) electrons. The van der Waals surface area contributed by atoms with Crippen LogP contribution in [0.3, 0.4) is 0 Å². The first-order valence-electron chi connectivity index (χ1n) is 7.85. The summed E-state index contributed by atoms with van der Waals surface area (Å²) < 4.78 is 0. The molecule has 0 heterocycles. The molecule has 0 aromatic heterocycles. The maximum atomic E-state index is 10.9. The number of hydrogen-bond acceptors (Lipinski definition) is 3. The summed E-state index contributed by atoms with van der Waals surface area (Å²) in [6, 6.07) is 0. The minimum atomic E-state index is -0.772. The van der Waals surface area contributed by atoms with Crippen LogP contribution in [0.25, 0.3) is 0 Å². The summed E-state index contributed by atoms with van der Waals surface area (Å²) in [7, 11) is 0. The summed E-state index contributed by atoms with van der Waals surface area (Å²) in [6.07, 6.45) is 2.07. The summed E-state index contributed by atoms with van der Waals surface area (Å²) in [4.78, 5) is 21.7. The van der Waals surface area contributed by atoms with Gasteiger partial charge in [0.2, 0.25) is 0 Å². The second-order valence-corrected chi connectivity index (χ2v) is 6.85. The van der Waals surface area contributed by atoms with E-state index in [1.165, 1.54) is 0 Å². The van der Waals surface area contributed by atoms with E-state index in [2.05, 4.69) is 33.0 Å². The Balaban J connectivity index is 4.27. The molecule has 0 fully saturated rings. The number of hydrogen-bond donors (Lipinski definition) is 3. The number of carboxylic acids is 2. The topological polar surface area (TPSA) is 86.6 Å². The Bertz CT molecular complexity index is 285. The Labute approximate surface area is 128 Å². The molecule has 2 atom stereocenters. The fourth-order valence-electron chi connectivity index (χ4n) is 2.80. The van der Waals surface area contributed by atoms with Gasteiger partial charge >= 0.3 is 11.9 Å². The zero-order valence-electron chi connectivity index (χ0n) is 13.8. The van der Waals surface area contributed by atoms with E-state index in [-0.39, 0.29) is 24.7 Å². The van der Waals surface area contributed by atoms with Gasteiger partial charge in [0.25, 0.3) is 0 Å². The molecule has 124 valence electrons. The lowest BCUT2D eigenvalue weighted by molar-refractivity contribution is -0.139. The molecular formula is C16H31NO4. The van der Waals surface area contributed by atoms with Crippen LogP contribution in [0.1, 0.15) is 53.4 Å². The van der Waals surface area contributed by atoms with Crippen LogP contribution in [0.5, 0.6) is 0 Å². The Kier molecular flexibility index (Phi) is 10.0. The Morgan fingerprint density at radius 3 is 1.38 bits per heavy atom. The molecule has 0 saturated carbocycles. The van der Waals surface area contributed by atoms with Crippen LogP contribution in [0.2, 0.25) is 0 Å². The van der Waals surface area contributed by atoms with Crippen molar-refractivity contribution in [2.45, 2.75) is 53.4 Å². The van der Waals surface area contributed by atoms with Crippen LogP contribution >= 0.6 is 0 Å². The van der Waals surface area contributed by atoms with Crippen molar-refractivity contribution in [3.63, 3.8) is 0 Å². The van der Waals surface area contributed by atoms with Crippen molar-refractivity contribution in [1.29, 1.82) is 0 Å². The molecule has 0 rings (SSSR count). The van der Waals surface area contributed by atoms with Crippen molar-refractivity contribution in [3.05, 3.63) is 0 Å². The van der Waals surface area contributed by atoms with Crippen LogP contribution in [-0.4, -0.2) is 35.2 Å². The van der Waals surface area contributed by atoms with Gasteiger partial charge < -0.3 is 15.5 Å². The van der Waals surface area contributed by atoms with Crippen LogP contribution in [0, 0.1) is 23.7 Å². The number of carbonyl (C=O) groups is 2. The van der Waals surface area contributed by atoms with Gasteiger partial charge in [-0.3, -0.25) is 9.59 Å². The Morgan fingerprint density at radius 1 is 0.810 bits per heavy atom. The van der Waals surface area contributed by atoms with E-state index < -0.39 is 11.9 Å². The zero-order chi connectivity index (χ0) is 16.4. The second kappa shape index (κ2) is 10.6. The summed E-state index contributed by atoms with van der Waals surface area (Å²) >= 11 is 0. The van der Waals surface area contributed by atoms with Crippen molar-refractivity contribution < 1.29 is 19.8 Å². The lowest BCUT2D eigenvalue weighted by atomic mass is 9.92. The first-order valence-corrected chi connectivity index (χ1v) is 7.85. The van der Waals surface area contributed by atoms with Crippen molar-refractivity contribution in [1.82, 2.24) is 5.32 Å². The van der Waals surface area contributed by atoms with E-state index in [9.17, 15) is 9.59 Å². The van der Waals surface area contributed by atoms with E-state index in [4.69, 9.17) is 10.2 Å². The highest BCUT2D eigenvalue weighted by Gasteiger charge is 2.18. The molecule has 0 aliphatic heterocycles. The normalized spacial score (nSPS) is 14.4. The molecule has 0 amide bonds. The van der Waals surface area contributed by atoms with Gasteiger partial charge in [-0.1, -0.05) is 27.7 Å².